The highest BCUT2D eigenvalue weighted by molar-refractivity contribution is 5.37. The molecule has 17 heavy (non-hydrogen) atoms. The second-order valence-electron chi connectivity index (χ2n) is 6.32. The van der Waals surface area contributed by atoms with Gasteiger partial charge in [-0.05, 0) is 38.0 Å². The summed E-state index contributed by atoms with van der Waals surface area (Å²) < 4.78 is 0. The molecule has 0 aromatic rings. The summed E-state index contributed by atoms with van der Waals surface area (Å²) >= 11 is 0. The Bertz CT molecular complexity index is 406. The van der Waals surface area contributed by atoms with Crippen molar-refractivity contribution in [1.29, 1.82) is 0 Å². The van der Waals surface area contributed by atoms with Gasteiger partial charge in [0.15, 0.2) is 0 Å². The lowest BCUT2D eigenvalue weighted by atomic mass is 9.56. The molecular weight excluding hydrogens is 216 g/mol. The fourth-order valence-electron chi connectivity index (χ4n) is 3.39. The summed E-state index contributed by atoms with van der Waals surface area (Å²) in [6.45, 7) is 10.2. The van der Waals surface area contributed by atoms with Crippen LogP contribution in [0.15, 0.2) is 9.98 Å². The SMILES string of the molecule is CC1C(C)(C)CC(C)(N=C=O)CC1(C)N=C=O. The lowest BCUT2D eigenvalue weighted by Crippen LogP contribution is -2.53. The van der Waals surface area contributed by atoms with Crippen LogP contribution in [0.25, 0.3) is 0 Å². The lowest BCUT2D eigenvalue weighted by molar-refractivity contribution is 0.0306. The van der Waals surface area contributed by atoms with Crippen LogP contribution in [0.1, 0.15) is 47.5 Å². The van der Waals surface area contributed by atoms with E-state index < -0.39 is 11.1 Å². The van der Waals surface area contributed by atoms with E-state index in [-0.39, 0.29) is 11.3 Å². The summed E-state index contributed by atoms with van der Waals surface area (Å²) in [5.41, 5.74) is -1.05. The van der Waals surface area contributed by atoms with Gasteiger partial charge in [-0.1, -0.05) is 20.8 Å². The quantitative estimate of drug-likeness (QED) is 0.546. The number of hydrogen-bond donors (Lipinski definition) is 0. The Kier molecular flexibility index (Phi) is 3.42. The van der Waals surface area contributed by atoms with Crippen molar-refractivity contribution < 1.29 is 9.59 Å². The molecule has 3 atom stereocenters. The van der Waals surface area contributed by atoms with Gasteiger partial charge in [-0.3, -0.25) is 0 Å². The third-order valence-electron chi connectivity index (χ3n) is 4.30. The highest BCUT2D eigenvalue weighted by Crippen LogP contribution is 2.52. The van der Waals surface area contributed by atoms with Crippen molar-refractivity contribution in [3.05, 3.63) is 0 Å². The van der Waals surface area contributed by atoms with Gasteiger partial charge in [-0.2, -0.15) is 9.98 Å². The van der Waals surface area contributed by atoms with Crippen LogP contribution in [0.2, 0.25) is 0 Å². The van der Waals surface area contributed by atoms with Gasteiger partial charge in [0.05, 0.1) is 11.1 Å². The summed E-state index contributed by atoms with van der Waals surface area (Å²) in [6, 6.07) is 0. The predicted octanol–water partition coefficient (Wildman–Crippen LogP) is 2.63. The van der Waals surface area contributed by atoms with E-state index in [1.165, 1.54) is 0 Å². The van der Waals surface area contributed by atoms with Gasteiger partial charge in [-0.15, -0.1) is 0 Å². The molecule has 1 rings (SSSR count). The molecule has 0 amide bonds. The predicted molar refractivity (Wildman–Crippen MR) is 65.2 cm³/mol. The van der Waals surface area contributed by atoms with Crippen molar-refractivity contribution in [3.8, 4) is 0 Å². The number of hydrogen-bond acceptors (Lipinski definition) is 4. The molecule has 4 heteroatoms. The van der Waals surface area contributed by atoms with Crippen molar-refractivity contribution >= 4 is 12.2 Å². The zero-order valence-corrected chi connectivity index (χ0v) is 11.2. The Balaban J connectivity index is 3.25. The van der Waals surface area contributed by atoms with Crippen molar-refractivity contribution in [2.24, 2.45) is 21.3 Å². The smallest absolute Gasteiger partial charge is 0.211 e. The Labute approximate surface area is 102 Å². The van der Waals surface area contributed by atoms with Gasteiger partial charge in [0.1, 0.15) is 0 Å². The van der Waals surface area contributed by atoms with Gasteiger partial charge in [0.25, 0.3) is 0 Å². The molecule has 0 N–H and O–H groups in total. The second-order valence-corrected chi connectivity index (χ2v) is 6.32. The topological polar surface area (TPSA) is 58.9 Å². The van der Waals surface area contributed by atoms with Gasteiger partial charge in [-0.25, -0.2) is 9.59 Å². The highest BCUT2D eigenvalue weighted by Gasteiger charge is 2.52. The molecule has 0 saturated heterocycles. The number of nitrogens with zero attached hydrogens (tertiary/aromatic N) is 2. The molecule has 1 saturated carbocycles. The molecule has 1 aliphatic rings. The molecule has 0 heterocycles. The average Bonchev–Trinajstić information content (AvgIpc) is 2.13. The fourth-order valence-corrected chi connectivity index (χ4v) is 3.39. The first-order valence-electron chi connectivity index (χ1n) is 5.87. The van der Waals surface area contributed by atoms with E-state index in [0.717, 1.165) is 6.42 Å². The summed E-state index contributed by atoms with van der Waals surface area (Å²) in [5, 5.41) is 0. The van der Waals surface area contributed by atoms with E-state index in [1.807, 2.05) is 13.8 Å². The minimum atomic E-state index is -0.515. The standard InChI is InChI=1S/C13H20N2O2/c1-10-11(2,3)6-12(4,14-8-16)7-13(10,5)15-9-17/h10H,6-7H2,1-5H3. The third kappa shape index (κ3) is 2.54. The monoisotopic (exact) mass is 236 g/mol. The van der Waals surface area contributed by atoms with Crippen LogP contribution in [0.3, 0.4) is 0 Å². The third-order valence-corrected chi connectivity index (χ3v) is 4.30. The Morgan fingerprint density at radius 2 is 1.53 bits per heavy atom. The molecular formula is C13H20N2O2. The minimum Gasteiger partial charge on any atom is -0.211 e. The van der Waals surface area contributed by atoms with Crippen molar-refractivity contribution in [2.45, 2.75) is 58.5 Å². The van der Waals surface area contributed by atoms with Gasteiger partial charge >= 0.3 is 0 Å². The van der Waals surface area contributed by atoms with Crippen LogP contribution >= 0.6 is 0 Å². The number of carbonyl (C=O) groups excluding carboxylic acids is 2. The van der Waals surface area contributed by atoms with E-state index in [9.17, 15) is 9.59 Å². The van der Waals surface area contributed by atoms with Crippen LogP contribution in [-0.2, 0) is 9.59 Å². The summed E-state index contributed by atoms with van der Waals surface area (Å²) in [7, 11) is 0. The average molecular weight is 236 g/mol. The van der Waals surface area contributed by atoms with E-state index in [0.29, 0.717) is 6.42 Å². The van der Waals surface area contributed by atoms with Gasteiger partial charge in [0.2, 0.25) is 12.2 Å². The molecule has 3 unspecified atom stereocenters. The second kappa shape index (κ2) is 4.21. The maximum atomic E-state index is 10.6. The maximum absolute atomic E-state index is 10.6. The molecule has 94 valence electrons. The largest absolute Gasteiger partial charge is 0.235 e. The summed E-state index contributed by atoms with van der Waals surface area (Å²) in [6.07, 6.45) is 4.68. The molecule has 0 aromatic heterocycles. The molecule has 0 aliphatic heterocycles. The first kappa shape index (κ1) is 13.8. The number of rotatable bonds is 2. The number of isocyanates is 2. The Morgan fingerprint density at radius 1 is 1.00 bits per heavy atom. The minimum absolute atomic E-state index is 0.0392. The number of aliphatic imine (C=N–C) groups is 2. The first-order chi connectivity index (χ1) is 7.69. The molecule has 0 aromatic carbocycles. The lowest BCUT2D eigenvalue weighted by Gasteiger charge is -2.52. The van der Waals surface area contributed by atoms with Crippen molar-refractivity contribution in [1.82, 2.24) is 0 Å². The molecule has 0 spiro atoms. The zero-order chi connectivity index (χ0) is 13.3. The molecule has 0 bridgehead atoms. The first-order valence-corrected chi connectivity index (χ1v) is 5.87. The van der Waals surface area contributed by atoms with Crippen LogP contribution in [0, 0.1) is 11.3 Å². The van der Waals surface area contributed by atoms with E-state index >= 15 is 0 Å². The van der Waals surface area contributed by atoms with E-state index in [1.54, 1.807) is 12.2 Å². The fraction of sp³-hybridized carbons (Fsp3) is 0.846. The molecule has 1 aliphatic carbocycles. The maximum Gasteiger partial charge on any atom is 0.235 e. The van der Waals surface area contributed by atoms with Crippen LogP contribution in [-0.4, -0.2) is 23.2 Å². The Hall–Kier alpha value is -1.24. The van der Waals surface area contributed by atoms with Gasteiger partial charge < -0.3 is 0 Å². The van der Waals surface area contributed by atoms with Crippen molar-refractivity contribution in [3.63, 3.8) is 0 Å². The van der Waals surface area contributed by atoms with Crippen LogP contribution in [0.4, 0.5) is 0 Å². The van der Waals surface area contributed by atoms with Crippen molar-refractivity contribution in [2.75, 3.05) is 0 Å². The van der Waals surface area contributed by atoms with E-state index in [4.69, 9.17) is 0 Å². The van der Waals surface area contributed by atoms with Crippen LogP contribution < -0.4 is 0 Å². The zero-order valence-electron chi connectivity index (χ0n) is 11.2. The van der Waals surface area contributed by atoms with Gasteiger partial charge in [0, 0.05) is 0 Å². The van der Waals surface area contributed by atoms with Crippen LogP contribution in [0.5, 0.6) is 0 Å². The Morgan fingerprint density at radius 3 is 2.00 bits per heavy atom. The molecule has 4 nitrogen and oxygen atoms in total. The van der Waals surface area contributed by atoms with E-state index in [2.05, 4.69) is 30.8 Å². The molecule has 0 radical (unpaired) electrons. The molecule has 1 fully saturated rings. The highest BCUT2D eigenvalue weighted by atomic mass is 16.1. The normalized spacial score (nSPS) is 39.9. The summed E-state index contributed by atoms with van der Waals surface area (Å²) in [5.74, 6) is 0.228. The summed E-state index contributed by atoms with van der Waals surface area (Å²) in [4.78, 5) is 29.0.